The molecule has 0 aromatic carbocycles. The van der Waals surface area contributed by atoms with Gasteiger partial charge in [0.25, 0.3) is 0 Å². The maximum atomic E-state index is 2.27. The number of hydrogen-bond donors (Lipinski definition) is 1. The van der Waals surface area contributed by atoms with Gasteiger partial charge in [-0.25, -0.2) is 0 Å². The van der Waals surface area contributed by atoms with Crippen LogP contribution in [0.25, 0.3) is 0 Å². The Balaban J connectivity index is 0.00000196. The molecule has 1 rings (SSSR count). The molecule has 88 valence electrons. The van der Waals surface area contributed by atoms with Crippen molar-refractivity contribution in [2.24, 2.45) is 0 Å². The fourth-order valence-electron chi connectivity index (χ4n) is 1.92. The summed E-state index contributed by atoms with van der Waals surface area (Å²) < 4.78 is 0. The monoisotopic (exact) mass is 229 g/mol. The highest BCUT2D eigenvalue weighted by atomic mass is 35.5. The second kappa shape index (κ2) is 8.99. The van der Waals surface area contributed by atoms with Crippen LogP contribution in [-0.2, 0) is 0 Å². The number of halogens is 1. The predicted molar refractivity (Wildman–Crippen MR) is 62.1 cm³/mol. The van der Waals surface area contributed by atoms with Crippen molar-refractivity contribution in [3.63, 3.8) is 0 Å². The molecule has 0 spiro atoms. The van der Waals surface area contributed by atoms with Crippen LogP contribution in [-0.4, -0.2) is 6.54 Å². The number of allylic oxidation sites excluding steroid dienone is 3. The van der Waals surface area contributed by atoms with Crippen LogP contribution in [0.3, 0.4) is 0 Å². The summed E-state index contributed by atoms with van der Waals surface area (Å²) in [6.07, 6.45) is 15.0. The highest BCUT2D eigenvalue weighted by Gasteiger charge is 2.10. The molecule has 15 heavy (non-hydrogen) atoms. The van der Waals surface area contributed by atoms with Crippen LogP contribution in [0.4, 0.5) is 0 Å². The van der Waals surface area contributed by atoms with Crippen LogP contribution >= 0.6 is 0 Å². The van der Waals surface area contributed by atoms with Gasteiger partial charge in [-0.05, 0) is 25.0 Å². The molecular weight excluding hydrogens is 206 g/mol. The third kappa shape index (κ3) is 6.01. The third-order valence-corrected chi connectivity index (χ3v) is 2.95. The quantitative estimate of drug-likeness (QED) is 0.571. The second-order valence-corrected chi connectivity index (χ2v) is 4.25. The minimum atomic E-state index is 0. The predicted octanol–water partition coefficient (Wildman–Crippen LogP) is -0.333. The van der Waals surface area contributed by atoms with Gasteiger partial charge in [0.2, 0.25) is 0 Å². The minimum Gasteiger partial charge on any atom is -1.00 e. The molecule has 1 unspecified atom stereocenters. The first-order chi connectivity index (χ1) is 6.84. The lowest BCUT2D eigenvalue weighted by molar-refractivity contribution is -0.802. The molecule has 1 N–H and O–H groups in total. The molecule has 1 nitrogen and oxygen atoms in total. The molecule has 1 aliphatic heterocycles. The third-order valence-electron chi connectivity index (χ3n) is 2.95. The molecule has 0 saturated carbocycles. The Morgan fingerprint density at radius 1 is 1.07 bits per heavy atom. The van der Waals surface area contributed by atoms with Gasteiger partial charge in [0.1, 0.15) is 5.70 Å². The van der Waals surface area contributed by atoms with Gasteiger partial charge in [0, 0.05) is 6.92 Å². The molecule has 0 radical (unpaired) electrons. The van der Waals surface area contributed by atoms with E-state index in [1.54, 1.807) is 4.90 Å². The first-order valence-corrected chi connectivity index (χ1v) is 6.05. The molecule has 0 aromatic rings. The van der Waals surface area contributed by atoms with E-state index >= 15 is 0 Å². The van der Waals surface area contributed by atoms with Gasteiger partial charge < -0.3 is 12.4 Å². The summed E-state index contributed by atoms with van der Waals surface area (Å²) in [6.45, 7) is 5.77. The van der Waals surface area contributed by atoms with Crippen LogP contribution in [0.5, 0.6) is 0 Å². The van der Waals surface area contributed by atoms with Gasteiger partial charge in [-0.3, -0.25) is 4.90 Å². The SMILES string of the molecule is CCCCCCCC[NH+]1C=CC=C1C.[Cl-]. The van der Waals surface area contributed by atoms with Gasteiger partial charge >= 0.3 is 0 Å². The van der Waals surface area contributed by atoms with Crippen molar-refractivity contribution in [3.05, 3.63) is 24.0 Å². The molecule has 0 saturated heterocycles. The van der Waals surface area contributed by atoms with Crippen LogP contribution in [0.1, 0.15) is 52.4 Å². The lowest BCUT2D eigenvalue weighted by atomic mass is 10.1. The maximum absolute atomic E-state index is 2.27. The molecule has 1 atom stereocenters. The van der Waals surface area contributed by atoms with E-state index in [1.807, 2.05) is 0 Å². The maximum Gasteiger partial charge on any atom is 0.109 e. The van der Waals surface area contributed by atoms with Crippen molar-refractivity contribution in [2.75, 3.05) is 6.54 Å². The van der Waals surface area contributed by atoms with E-state index < -0.39 is 0 Å². The van der Waals surface area contributed by atoms with E-state index in [0.717, 1.165) is 0 Å². The zero-order chi connectivity index (χ0) is 10.2. The van der Waals surface area contributed by atoms with Crippen molar-refractivity contribution in [2.45, 2.75) is 52.4 Å². The molecule has 0 amide bonds. The van der Waals surface area contributed by atoms with E-state index in [4.69, 9.17) is 0 Å². The minimum absolute atomic E-state index is 0. The molecule has 0 aliphatic carbocycles. The molecule has 1 heterocycles. The summed E-state index contributed by atoms with van der Waals surface area (Å²) >= 11 is 0. The van der Waals surface area contributed by atoms with E-state index in [-0.39, 0.29) is 12.4 Å². The lowest BCUT2D eigenvalue weighted by Gasteiger charge is -2.10. The van der Waals surface area contributed by atoms with Gasteiger partial charge in [-0.15, -0.1) is 0 Å². The van der Waals surface area contributed by atoms with Gasteiger partial charge in [0.15, 0.2) is 0 Å². The summed E-state index contributed by atoms with van der Waals surface area (Å²) in [4.78, 5) is 1.56. The van der Waals surface area contributed by atoms with Crippen molar-refractivity contribution in [3.8, 4) is 0 Å². The van der Waals surface area contributed by atoms with E-state index in [2.05, 4.69) is 32.2 Å². The van der Waals surface area contributed by atoms with Gasteiger partial charge in [-0.1, -0.05) is 32.6 Å². The van der Waals surface area contributed by atoms with Crippen molar-refractivity contribution >= 4 is 0 Å². The first-order valence-electron chi connectivity index (χ1n) is 6.05. The molecule has 0 aromatic heterocycles. The van der Waals surface area contributed by atoms with Crippen LogP contribution < -0.4 is 17.3 Å². The van der Waals surface area contributed by atoms with Gasteiger partial charge in [-0.2, -0.15) is 0 Å². The molecule has 0 fully saturated rings. The number of nitrogens with one attached hydrogen (secondary N) is 1. The number of rotatable bonds is 7. The Morgan fingerprint density at radius 3 is 2.33 bits per heavy atom. The largest absolute Gasteiger partial charge is 1.00 e. The summed E-state index contributed by atoms with van der Waals surface area (Å²) in [5.74, 6) is 0. The highest BCUT2D eigenvalue weighted by Crippen LogP contribution is 2.04. The Hall–Kier alpha value is -0.270. The van der Waals surface area contributed by atoms with Gasteiger partial charge in [0.05, 0.1) is 12.7 Å². The van der Waals surface area contributed by atoms with Crippen LogP contribution in [0, 0.1) is 0 Å². The summed E-state index contributed by atoms with van der Waals surface area (Å²) in [5.41, 5.74) is 1.47. The molecule has 1 aliphatic rings. The Bertz CT molecular complexity index is 209. The topological polar surface area (TPSA) is 4.44 Å². The normalized spacial score (nSPS) is 18.8. The lowest BCUT2D eigenvalue weighted by Crippen LogP contribution is -3.04. The summed E-state index contributed by atoms with van der Waals surface area (Å²) in [5, 5.41) is 0. The molecule has 2 heteroatoms. The Kier molecular flexibility index (Phi) is 8.83. The number of hydrogen-bond acceptors (Lipinski definition) is 0. The first kappa shape index (κ1) is 14.7. The summed E-state index contributed by atoms with van der Waals surface area (Å²) in [6, 6.07) is 0. The van der Waals surface area contributed by atoms with Crippen molar-refractivity contribution < 1.29 is 17.3 Å². The summed E-state index contributed by atoms with van der Waals surface area (Å²) in [7, 11) is 0. The Morgan fingerprint density at radius 2 is 1.73 bits per heavy atom. The number of quaternary nitrogens is 1. The van der Waals surface area contributed by atoms with Crippen molar-refractivity contribution in [1.82, 2.24) is 0 Å². The molecule has 0 bridgehead atoms. The smallest absolute Gasteiger partial charge is 0.109 e. The van der Waals surface area contributed by atoms with Crippen LogP contribution in [0.2, 0.25) is 0 Å². The standard InChI is InChI=1S/C13H23N.ClH/c1-3-4-5-6-7-8-11-14-12-9-10-13(14)2;/h9-10,12H,3-8,11H2,1-2H3;1H. The van der Waals surface area contributed by atoms with Crippen LogP contribution in [0.15, 0.2) is 24.0 Å². The average Bonchev–Trinajstić information content (AvgIpc) is 2.58. The fourth-order valence-corrected chi connectivity index (χ4v) is 1.92. The zero-order valence-electron chi connectivity index (χ0n) is 10.1. The van der Waals surface area contributed by atoms with E-state index in [0.29, 0.717) is 0 Å². The average molecular weight is 230 g/mol. The zero-order valence-corrected chi connectivity index (χ0v) is 10.8. The fraction of sp³-hybridized carbons (Fsp3) is 0.692. The molecular formula is C13H24ClN. The highest BCUT2D eigenvalue weighted by molar-refractivity contribution is 5.08. The number of unbranched alkanes of at least 4 members (excludes halogenated alkanes) is 5. The second-order valence-electron chi connectivity index (χ2n) is 4.25. The van der Waals surface area contributed by atoms with E-state index in [1.165, 1.54) is 50.8 Å². The van der Waals surface area contributed by atoms with E-state index in [9.17, 15) is 0 Å². The van der Waals surface area contributed by atoms with Crippen molar-refractivity contribution in [1.29, 1.82) is 0 Å². The Labute approximate surface area is 101 Å².